The van der Waals surface area contributed by atoms with Crippen molar-refractivity contribution >= 4 is 16.9 Å². The highest BCUT2D eigenvalue weighted by Gasteiger charge is 2.38. The second kappa shape index (κ2) is 4.57. The highest BCUT2D eigenvalue weighted by molar-refractivity contribution is 8.14. The van der Waals surface area contributed by atoms with Crippen molar-refractivity contribution in [3.05, 3.63) is 0 Å². The topological polar surface area (TPSA) is 33.6 Å². The van der Waals surface area contributed by atoms with Gasteiger partial charge in [0.15, 0.2) is 5.17 Å². The molecule has 0 aromatic heterocycles. The predicted molar refractivity (Wildman–Crippen MR) is 68.0 cm³/mol. The average molecular weight is 240 g/mol. The quantitative estimate of drug-likeness (QED) is 0.802. The Morgan fingerprint density at radius 3 is 2.88 bits per heavy atom. The molecule has 0 atom stereocenters. The van der Waals surface area contributed by atoms with Gasteiger partial charge in [0, 0.05) is 25.5 Å². The van der Waals surface area contributed by atoms with E-state index in [4.69, 9.17) is 9.73 Å². The van der Waals surface area contributed by atoms with Crippen LogP contribution in [0.4, 0.5) is 0 Å². The van der Waals surface area contributed by atoms with E-state index >= 15 is 0 Å². The van der Waals surface area contributed by atoms with Crippen LogP contribution in [0.1, 0.15) is 32.1 Å². The van der Waals surface area contributed by atoms with E-state index in [0.29, 0.717) is 5.54 Å². The van der Waals surface area contributed by atoms with Gasteiger partial charge >= 0.3 is 0 Å². The van der Waals surface area contributed by atoms with Crippen LogP contribution in [0.5, 0.6) is 0 Å². The maximum Gasteiger partial charge on any atom is 0.157 e. The third-order valence-corrected chi connectivity index (χ3v) is 5.23. The zero-order chi connectivity index (χ0) is 10.8. The fraction of sp³-hybridized carbons (Fsp3) is 0.917. The Morgan fingerprint density at radius 1 is 1.38 bits per heavy atom. The number of amidine groups is 1. The second-order valence-corrected chi connectivity index (χ2v) is 6.21. The summed E-state index contributed by atoms with van der Waals surface area (Å²) in [5, 5.41) is 4.83. The minimum Gasteiger partial charge on any atom is -0.381 e. The first kappa shape index (κ1) is 10.9. The molecule has 1 spiro atoms. The van der Waals surface area contributed by atoms with Gasteiger partial charge in [0.2, 0.25) is 0 Å². The largest absolute Gasteiger partial charge is 0.381 e. The van der Waals surface area contributed by atoms with Gasteiger partial charge in [0.1, 0.15) is 0 Å². The molecule has 2 heterocycles. The molecule has 2 saturated heterocycles. The van der Waals surface area contributed by atoms with Gasteiger partial charge in [0.25, 0.3) is 0 Å². The van der Waals surface area contributed by atoms with Crippen molar-refractivity contribution < 1.29 is 4.74 Å². The summed E-state index contributed by atoms with van der Waals surface area (Å²) in [6.07, 6.45) is 6.48. The van der Waals surface area contributed by atoms with Crippen LogP contribution in [0.2, 0.25) is 0 Å². The normalized spacial score (nSPS) is 31.6. The molecule has 0 unspecified atom stereocenters. The van der Waals surface area contributed by atoms with E-state index in [0.717, 1.165) is 38.5 Å². The van der Waals surface area contributed by atoms with Crippen molar-refractivity contribution in [3.8, 4) is 0 Å². The number of aliphatic imine (C=N–C) groups is 1. The van der Waals surface area contributed by atoms with Crippen LogP contribution < -0.4 is 5.32 Å². The summed E-state index contributed by atoms with van der Waals surface area (Å²) in [5.74, 6) is 2.06. The molecule has 3 rings (SSSR count). The van der Waals surface area contributed by atoms with E-state index in [2.05, 4.69) is 5.32 Å². The molecule has 3 aliphatic rings. The maximum absolute atomic E-state index is 5.43. The predicted octanol–water partition coefficient (Wildman–Crippen LogP) is 2.03. The van der Waals surface area contributed by atoms with Gasteiger partial charge < -0.3 is 10.1 Å². The maximum atomic E-state index is 5.43. The highest BCUT2D eigenvalue weighted by Crippen LogP contribution is 2.32. The summed E-state index contributed by atoms with van der Waals surface area (Å²) in [6, 6.07) is 0. The van der Waals surface area contributed by atoms with Gasteiger partial charge in [-0.1, -0.05) is 18.2 Å². The van der Waals surface area contributed by atoms with E-state index in [-0.39, 0.29) is 0 Å². The second-order valence-electron chi connectivity index (χ2n) is 5.25. The Bertz CT molecular complexity index is 283. The van der Waals surface area contributed by atoms with Gasteiger partial charge in [-0.3, -0.25) is 4.99 Å². The Kier molecular flexibility index (Phi) is 3.11. The molecular formula is C12H20N2OS. The first-order chi connectivity index (χ1) is 7.86. The van der Waals surface area contributed by atoms with Crippen LogP contribution >= 0.6 is 11.8 Å². The molecule has 1 saturated carbocycles. The van der Waals surface area contributed by atoms with Crippen molar-refractivity contribution in [2.45, 2.75) is 37.6 Å². The van der Waals surface area contributed by atoms with E-state index in [9.17, 15) is 0 Å². The smallest absolute Gasteiger partial charge is 0.157 e. The fourth-order valence-electron chi connectivity index (χ4n) is 2.51. The fourth-order valence-corrected chi connectivity index (χ4v) is 3.74. The molecule has 0 aromatic rings. The van der Waals surface area contributed by atoms with Crippen LogP contribution in [-0.4, -0.2) is 36.2 Å². The van der Waals surface area contributed by atoms with Crippen molar-refractivity contribution in [2.75, 3.05) is 25.5 Å². The molecule has 0 bridgehead atoms. The van der Waals surface area contributed by atoms with Crippen LogP contribution in [0.15, 0.2) is 4.99 Å². The van der Waals surface area contributed by atoms with Gasteiger partial charge in [-0.15, -0.1) is 0 Å². The molecule has 2 aliphatic heterocycles. The van der Waals surface area contributed by atoms with Crippen LogP contribution in [0.25, 0.3) is 0 Å². The Hall–Kier alpha value is -0.220. The van der Waals surface area contributed by atoms with E-state index < -0.39 is 0 Å². The zero-order valence-electron chi connectivity index (χ0n) is 9.71. The highest BCUT2D eigenvalue weighted by atomic mass is 32.2. The molecule has 90 valence electrons. The molecule has 3 fully saturated rings. The molecule has 1 N–H and O–H groups in total. The first-order valence-electron chi connectivity index (χ1n) is 6.40. The summed E-state index contributed by atoms with van der Waals surface area (Å²) < 4.78 is 5.43. The van der Waals surface area contributed by atoms with Gasteiger partial charge in [-0.05, 0) is 31.6 Å². The van der Waals surface area contributed by atoms with E-state index in [1.807, 2.05) is 11.8 Å². The lowest BCUT2D eigenvalue weighted by Gasteiger charge is -2.32. The monoisotopic (exact) mass is 240 g/mol. The van der Waals surface area contributed by atoms with Crippen molar-refractivity contribution in [2.24, 2.45) is 10.9 Å². The molecule has 0 radical (unpaired) electrons. The summed E-state index contributed by atoms with van der Waals surface area (Å²) in [7, 11) is 0. The molecule has 0 aromatic carbocycles. The first-order valence-corrected chi connectivity index (χ1v) is 7.38. The molecular weight excluding hydrogens is 220 g/mol. The summed E-state index contributed by atoms with van der Waals surface area (Å²) >= 11 is 1.91. The van der Waals surface area contributed by atoms with Gasteiger partial charge in [0.05, 0.1) is 5.54 Å². The van der Waals surface area contributed by atoms with Crippen LogP contribution in [0, 0.1) is 5.92 Å². The minimum absolute atomic E-state index is 0.307. The number of hydrogen-bond acceptors (Lipinski definition) is 3. The number of rotatable bonds is 2. The Morgan fingerprint density at radius 2 is 2.19 bits per heavy atom. The lowest BCUT2D eigenvalue weighted by Crippen LogP contribution is -2.48. The molecule has 4 heteroatoms. The third-order valence-electron chi connectivity index (χ3n) is 4.03. The van der Waals surface area contributed by atoms with Crippen LogP contribution in [-0.2, 0) is 4.74 Å². The van der Waals surface area contributed by atoms with Crippen LogP contribution in [0.3, 0.4) is 0 Å². The van der Waals surface area contributed by atoms with Gasteiger partial charge in [-0.25, -0.2) is 0 Å². The third kappa shape index (κ3) is 2.23. The average Bonchev–Trinajstić information content (AvgIpc) is 2.61. The molecule has 3 nitrogen and oxygen atoms in total. The van der Waals surface area contributed by atoms with Crippen molar-refractivity contribution in [1.82, 2.24) is 5.32 Å². The van der Waals surface area contributed by atoms with Gasteiger partial charge in [-0.2, -0.15) is 0 Å². The number of nitrogens with zero attached hydrogens (tertiary/aromatic N) is 1. The number of hydrogen-bond donors (Lipinski definition) is 1. The van der Waals surface area contributed by atoms with Crippen molar-refractivity contribution in [3.63, 3.8) is 0 Å². The van der Waals surface area contributed by atoms with Crippen molar-refractivity contribution in [1.29, 1.82) is 0 Å². The standard InChI is InChI=1S/C12H20N2OS/c1-2-10(3-1)8-13-11-14-12(9-16-11)4-6-15-7-5-12/h10H,1-9H2,(H,13,14). The lowest BCUT2D eigenvalue weighted by atomic mass is 9.86. The van der Waals surface area contributed by atoms with E-state index in [1.165, 1.54) is 30.2 Å². The number of thioether (sulfide) groups is 1. The zero-order valence-corrected chi connectivity index (χ0v) is 10.5. The number of ether oxygens (including phenoxy) is 1. The SMILES string of the molecule is C1CC(CN=C2NC3(CCOCC3)CS2)C1. The Balaban J connectivity index is 1.54. The minimum atomic E-state index is 0.307. The lowest BCUT2D eigenvalue weighted by molar-refractivity contribution is 0.0555. The molecule has 16 heavy (non-hydrogen) atoms. The van der Waals surface area contributed by atoms with E-state index in [1.54, 1.807) is 0 Å². The molecule has 0 amide bonds. The molecule has 1 aliphatic carbocycles. The summed E-state index contributed by atoms with van der Waals surface area (Å²) in [6.45, 7) is 2.86. The summed E-state index contributed by atoms with van der Waals surface area (Å²) in [5.41, 5.74) is 0.307. The Labute approximate surface area is 101 Å². The summed E-state index contributed by atoms with van der Waals surface area (Å²) in [4.78, 5) is 4.72. The number of nitrogens with one attached hydrogen (secondary N) is 1.